The molecule has 1 aliphatic rings. The van der Waals surface area contributed by atoms with Crippen molar-refractivity contribution in [1.29, 1.82) is 0 Å². The maximum atomic E-state index is 13.0. The SMILES string of the molecule is O=C(c1ccc(=O)[nH]n1)N1CCN(c2ccccc2)C[C@H](Cc2cnccn2)C1. The molecule has 0 unspecified atom stereocenters. The van der Waals surface area contributed by atoms with Crippen molar-refractivity contribution in [2.24, 2.45) is 5.92 Å². The fourth-order valence-corrected chi connectivity index (χ4v) is 3.65. The van der Waals surface area contributed by atoms with E-state index in [4.69, 9.17) is 0 Å². The summed E-state index contributed by atoms with van der Waals surface area (Å²) in [6.07, 6.45) is 5.84. The smallest absolute Gasteiger partial charge is 0.274 e. The van der Waals surface area contributed by atoms with E-state index in [0.717, 1.165) is 30.9 Å². The van der Waals surface area contributed by atoms with Crippen LogP contribution in [0.4, 0.5) is 5.69 Å². The number of rotatable bonds is 4. The topological polar surface area (TPSA) is 95.1 Å². The van der Waals surface area contributed by atoms with Gasteiger partial charge in [-0.1, -0.05) is 18.2 Å². The van der Waals surface area contributed by atoms with Gasteiger partial charge in [0.05, 0.1) is 5.69 Å². The number of aromatic amines is 1. The van der Waals surface area contributed by atoms with Crippen LogP contribution in [-0.4, -0.2) is 57.2 Å². The van der Waals surface area contributed by atoms with Gasteiger partial charge in [0.1, 0.15) is 5.69 Å². The lowest BCUT2D eigenvalue weighted by Crippen LogP contribution is -2.37. The van der Waals surface area contributed by atoms with E-state index in [0.29, 0.717) is 13.1 Å². The monoisotopic (exact) mass is 390 g/mol. The van der Waals surface area contributed by atoms with Crippen LogP contribution in [0.25, 0.3) is 0 Å². The van der Waals surface area contributed by atoms with E-state index >= 15 is 0 Å². The molecule has 3 aromatic rings. The molecule has 0 bridgehead atoms. The summed E-state index contributed by atoms with van der Waals surface area (Å²) in [4.78, 5) is 36.9. The van der Waals surface area contributed by atoms with Crippen LogP contribution < -0.4 is 10.5 Å². The van der Waals surface area contributed by atoms with Gasteiger partial charge >= 0.3 is 0 Å². The van der Waals surface area contributed by atoms with Gasteiger partial charge in [-0.15, -0.1) is 0 Å². The van der Waals surface area contributed by atoms with E-state index in [2.05, 4.69) is 37.2 Å². The summed E-state index contributed by atoms with van der Waals surface area (Å²) in [5.74, 6) is 0.00132. The summed E-state index contributed by atoms with van der Waals surface area (Å²) in [6, 6.07) is 13.0. The van der Waals surface area contributed by atoms with Crippen LogP contribution in [0.2, 0.25) is 0 Å². The van der Waals surface area contributed by atoms with Crippen molar-refractivity contribution in [3.63, 3.8) is 0 Å². The number of hydrogen-bond acceptors (Lipinski definition) is 6. The summed E-state index contributed by atoms with van der Waals surface area (Å²) in [7, 11) is 0. The summed E-state index contributed by atoms with van der Waals surface area (Å²) in [6.45, 7) is 2.69. The number of nitrogens with one attached hydrogen (secondary N) is 1. The van der Waals surface area contributed by atoms with E-state index in [1.807, 2.05) is 23.1 Å². The van der Waals surface area contributed by atoms with Gasteiger partial charge < -0.3 is 9.80 Å². The molecule has 0 aliphatic carbocycles. The number of nitrogens with zero attached hydrogens (tertiary/aromatic N) is 5. The molecular formula is C21H22N6O2. The standard InChI is InChI=1S/C21H22N6O2/c28-20-7-6-19(24-25-20)21(29)27-11-10-26(18-4-2-1-3-5-18)14-16(15-27)12-17-13-22-8-9-23-17/h1-9,13,16H,10-12,14-15H2,(H,25,28)/t16-/m0/s1. The highest BCUT2D eigenvalue weighted by molar-refractivity contribution is 5.92. The van der Waals surface area contributed by atoms with Crippen molar-refractivity contribution in [2.75, 3.05) is 31.1 Å². The molecule has 8 nitrogen and oxygen atoms in total. The Kier molecular flexibility index (Phi) is 5.60. The number of H-pyrrole nitrogens is 1. The minimum absolute atomic E-state index is 0.180. The molecule has 0 radical (unpaired) electrons. The highest BCUT2D eigenvalue weighted by Gasteiger charge is 2.27. The lowest BCUT2D eigenvalue weighted by atomic mass is 10.0. The summed E-state index contributed by atoms with van der Waals surface area (Å²) in [5, 5.41) is 6.25. The molecule has 148 valence electrons. The van der Waals surface area contributed by atoms with Gasteiger partial charge in [-0.3, -0.25) is 19.6 Å². The van der Waals surface area contributed by atoms with Crippen molar-refractivity contribution >= 4 is 11.6 Å². The zero-order valence-electron chi connectivity index (χ0n) is 15.9. The number of benzene rings is 1. The van der Waals surface area contributed by atoms with Crippen molar-refractivity contribution in [3.8, 4) is 0 Å². The Bertz CT molecular complexity index is 988. The summed E-state index contributed by atoms with van der Waals surface area (Å²) >= 11 is 0. The fraction of sp³-hybridized carbons (Fsp3) is 0.286. The second-order valence-corrected chi connectivity index (χ2v) is 7.11. The summed E-state index contributed by atoms with van der Waals surface area (Å²) in [5.41, 5.74) is 1.96. The Morgan fingerprint density at radius 1 is 1.07 bits per heavy atom. The minimum Gasteiger partial charge on any atom is -0.369 e. The van der Waals surface area contributed by atoms with E-state index in [1.165, 1.54) is 12.1 Å². The Labute approximate surface area is 168 Å². The second-order valence-electron chi connectivity index (χ2n) is 7.11. The first-order valence-corrected chi connectivity index (χ1v) is 9.59. The molecule has 1 N–H and O–H groups in total. The lowest BCUT2D eigenvalue weighted by molar-refractivity contribution is 0.0740. The largest absolute Gasteiger partial charge is 0.369 e. The molecule has 1 aliphatic heterocycles. The zero-order chi connectivity index (χ0) is 20.1. The van der Waals surface area contributed by atoms with Gasteiger partial charge in [0, 0.05) is 56.5 Å². The average molecular weight is 390 g/mol. The average Bonchev–Trinajstić information content (AvgIpc) is 2.98. The molecule has 0 spiro atoms. The Balaban J connectivity index is 1.57. The molecule has 1 amide bonds. The lowest BCUT2D eigenvalue weighted by Gasteiger charge is -2.25. The van der Waals surface area contributed by atoms with Gasteiger partial charge in [-0.2, -0.15) is 5.10 Å². The maximum absolute atomic E-state index is 13.0. The summed E-state index contributed by atoms with van der Waals surface area (Å²) < 4.78 is 0. The van der Waals surface area contributed by atoms with Crippen molar-refractivity contribution < 1.29 is 4.79 Å². The number of para-hydroxylation sites is 1. The predicted molar refractivity (Wildman–Crippen MR) is 109 cm³/mol. The Morgan fingerprint density at radius 2 is 1.93 bits per heavy atom. The van der Waals surface area contributed by atoms with Crippen LogP contribution in [0.1, 0.15) is 16.2 Å². The van der Waals surface area contributed by atoms with E-state index < -0.39 is 0 Å². The van der Waals surface area contributed by atoms with Gasteiger partial charge in [-0.25, -0.2) is 5.10 Å². The predicted octanol–water partition coefficient (Wildman–Crippen LogP) is 1.38. The van der Waals surface area contributed by atoms with E-state index in [9.17, 15) is 9.59 Å². The van der Waals surface area contributed by atoms with Crippen molar-refractivity contribution in [1.82, 2.24) is 25.1 Å². The van der Waals surface area contributed by atoms with Crippen LogP contribution >= 0.6 is 0 Å². The van der Waals surface area contributed by atoms with Crippen LogP contribution in [0, 0.1) is 5.92 Å². The van der Waals surface area contributed by atoms with E-state index in [1.54, 1.807) is 18.6 Å². The molecule has 0 saturated carbocycles. The number of amides is 1. The third kappa shape index (κ3) is 4.66. The molecule has 1 saturated heterocycles. The van der Waals surface area contributed by atoms with Crippen LogP contribution in [0.5, 0.6) is 0 Å². The van der Waals surface area contributed by atoms with Crippen LogP contribution in [0.3, 0.4) is 0 Å². The van der Waals surface area contributed by atoms with Gasteiger partial charge in [0.2, 0.25) is 0 Å². The number of anilines is 1. The first-order valence-electron chi connectivity index (χ1n) is 9.59. The van der Waals surface area contributed by atoms with Crippen LogP contribution in [-0.2, 0) is 6.42 Å². The number of carbonyl (C=O) groups excluding carboxylic acids is 1. The second kappa shape index (κ2) is 8.64. The normalized spacial score (nSPS) is 17.0. The molecule has 3 heterocycles. The number of carbonyl (C=O) groups is 1. The molecule has 4 rings (SSSR count). The van der Waals surface area contributed by atoms with Gasteiger partial charge in [-0.05, 0) is 30.5 Å². The first kappa shape index (κ1) is 18.8. The quantitative estimate of drug-likeness (QED) is 0.723. The minimum atomic E-state index is -0.326. The van der Waals surface area contributed by atoms with Gasteiger partial charge in [0.15, 0.2) is 0 Å². The van der Waals surface area contributed by atoms with E-state index in [-0.39, 0.29) is 23.1 Å². The zero-order valence-corrected chi connectivity index (χ0v) is 15.9. The molecule has 29 heavy (non-hydrogen) atoms. The first-order chi connectivity index (χ1) is 14.2. The van der Waals surface area contributed by atoms with Crippen molar-refractivity contribution in [3.05, 3.63) is 82.8 Å². The van der Waals surface area contributed by atoms with Crippen molar-refractivity contribution in [2.45, 2.75) is 6.42 Å². The fourth-order valence-electron chi connectivity index (χ4n) is 3.65. The highest BCUT2D eigenvalue weighted by Crippen LogP contribution is 2.21. The third-order valence-corrected chi connectivity index (χ3v) is 5.02. The Morgan fingerprint density at radius 3 is 2.66 bits per heavy atom. The molecule has 1 aromatic carbocycles. The third-order valence-electron chi connectivity index (χ3n) is 5.02. The van der Waals surface area contributed by atoms with Crippen LogP contribution in [0.15, 0.2) is 65.8 Å². The highest BCUT2D eigenvalue weighted by atomic mass is 16.2. The maximum Gasteiger partial charge on any atom is 0.274 e. The Hall–Kier alpha value is -3.55. The molecule has 2 aromatic heterocycles. The molecule has 1 fully saturated rings. The molecule has 1 atom stereocenters. The molecule has 8 heteroatoms. The number of hydrogen-bond donors (Lipinski definition) is 1. The number of aromatic nitrogens is 4. The molecular weight excluding hydrogens is 368 g/mol. The van der Waals surface area contributed by atoms with Gasteiger partial charge in [0.25, 0.3) is 11.5 Å².